The van der Waals surface area contributed by atoms with E-state index in [4.69, 9.17) is 4.74 Å². The molecule has 0 saturated heterocycles. The molecule has 26 heavy (non-hydrogen) atoms. The zero-order chi connectivity index (χ0) is 18.4. The Morgan fingerprint density at radius 3 is 2.69 bits per heavy atom. The number of nitrogens with one attached hydrogen (secondary N) is 1. The van der Waals surface area contributed by atoms with Gasteiger partial charge in [0.15, 0.2) is 11.8 Å². The molecule has 0 radical (unpaired) electrons. The minimum Gasteiger partial charge on any atom is -0.448 e. The SMILES string of the molecule is CC(OC(=O)c1csc(-c2cccs2)n1)C(=O)NCCc1ccccc1. The smallest absolute Gasteiger partial charge is 0.358 e. The van der Waals surface area contributed by atoms with E-state index in [1.165, 1.54) is 11.3 Å². The van der Waals surface area contributed by atoms with Crippen LogP contribution in [0, 0.1) is 0 Å². The highest BCUT2D eigenvalue weighted by Crippen LogP contribution is 2.28. The summed E-state index contributed by atoms with van der Waals surface area (Å²) in [5.74, 6) is -0.905. The Hall–Kier alpha value is -2.51. The maximum absolute atomic E-state index is 12.2. The van der Waals surface area contributed by atoms with Crippen molar-refractivity contribution in [1.82, 2.24) is 10.3 Å². The van der Waals surface area contributed by atoms with Gasteiger partial charge in [0.05, 0.1) is 4.88 Å². The van der Waals surface area contributed by atoms with Gasteiger partial charge in [-0.1, -0.05) is 36.4 Å². The fourth-order valence-corrected chi connectivity index (χ4v) is 3.88. The van der Waals surface area contributed by atoms with Gasteiger partial charge < -0.3 is 10.1 Å². The average Bonchev–Trinajstić information content (AvgIpc) is 3.34. The van der Waals surface area contributed by atoms with E-state index in [1.54, 1.807) is 23.6 Å². The summed E-state index contributed by atoms with van der Waals surface area (Å²) in [4.78, 5) is 29.6. The molecule has 7 heteroatoms. The Morgan fingerprint density at radius 1 is 1.15 bits per heavy atom. The molecule has 1 aromatic carbocycles. The second-order valence-corrected chi connectivity index (χ2v) is 7.40. The van der Waals surface area contributed by atoms with E-state index in [0.29, 0.717) is 6.54 Å². The molecule has 1 atom stereocenters. The van der Waals surface area contributed by atoms with Crippen molar-refractivity contribution in [3.05, 3.63) is 64.5 Å². The largest absolute Gasteiger partial charge is 0.448 e. The summed E-state index contributed by atoms with van der Waals surface area (Å²) in [6.45, 7) is 2.05. The van der Waals surface area contributed by atoms with Crippen molar-refractivity contribution in [1.29, 1.82) is 0 Å². The lowest BCUT2D eigenvalue weighted by atomic mass is 10.1. The van der Waals surface area contributed by atoms with Crippen molar-refractivity contribution < 1.29 is 14.3 Å². The first-order valence-corrected chi connectivity index (χ1v) is 9.91. The lowest BCUT2D eigenvalue weighted by Crippen LogP contribution is -2.36. The third-order valence-corrected chi connectivity index (χ3v) is 5.54. The molecule has 1 N–H and O–H groups in total. The number of rotatable bonds is 7. The van der Waals surface area contributed by atoms with Gasteiger partial charge in [-0.3, -0.25) is 4.79 Å². The fourth-order valence-electron chi connectivity index (χ4n) is 2.27. The van der Waals surface area contributed by atoms with Crippen molar-refractivity contribution in [2.24, 2.45) is 0 Å². The second-order valence-electron chi connectivity index (χ2n) is 5.59. The van der Waals surface area contributed by atoms with Crippen LogP contribution in [0.25, 0.3) is 9.88 Å². The van der Waals surface area contributed by atoms with Gasteiger partial charge >= 0.3 is 5.97 Å². The van der Waals surface area contributed by atoms with Crippen molar-refractivity contribution >= 4 is 34.6 Å². The predicted molar refractivity (Wildman–Crippen MR) is 103 cm³/mol. The summed E-state index contributed by atoms with van der Waals surface area (Å²) < 4.78 is 5.23. The first-order valence-electron chi connectivity index (χ1n) is 8.15. The Kier molecular flexibility index (Phi) is 6.14. The van der Waals surface area contributed by atoms with Crippen molar-refractivity contribution in [3.63, 3.8) is 0 Å². The standard InChI is InChI=1S/C19H18N2O3S2/c1-13(17(22)20-10-9-14-6-3-2-4-7-14)24-19(23)15-12-26-18(21-15)16-8-5-11-25-16/h2-8,11-13H,9-10H2,1H3,(H,20,22). The minimum absolute atomic E-state index is 0.224. The number of hydrogen-bond donors (Lipinski definition) is 1. The van der Waals surface area contributed by atoms with Crippen LogP contribution in [0.4, 0.5) is 0 Å². The Morgan fingerprint density at radius 2 is 1.96 bits per heavy atom. The highest BCUT2D eigenvalue weighted by molar-refractivity contribution is 7.20. The molecule has 3 aromatic rings. The quantitative estimate of drug-likeness (QED) is 0.628. The van der Waals surface area contributed by atoms with Crippen LogP contribution in [0.3, 0.4) is 0 Å². The summed E-state index contributed by atoms with van der Waals surface area (Å²) >= 11 is 2.94. The van der Waals surface area contributed by atoms with Gasteiger partial charge in [-0.2, -0.15) is 0 Å². The molecular formula is C19H18N2O3S2. The molecule has 0 aliphatic carbocycles. The monoisotopic (exact) mass is 386 g/mol. The maximum Gasteiger partial charge on any atom is 0.358 e. The van der Waals surface area contributed by atoms with Crippen LogP contribution >= 0.6 is 22.7 Å². The number of thiophene rings is 1. The van der Waals surface area contributed by atoms with Gasteiger partial charge in [0.2, 0.25) is 0 Å². The molecular weight excluding hydrogens is 368 g/mol. The van der Waals surface area contributed by atoms with E-state index in [9.17, 15) is 9.59 Å². The van der Waals surface area contributed by atoms with Gasteiger partial charge in [-0.05, 0) is 30.4 Å². The molecule has 0 saturated carbocycles. The third kappa shape index (κ3) is 4.77. The molecule has 1 unspecified atom stereocenters. The zero-order valence-corrected chi connectivity index (χ0v) is 15.8. The van der Waals surface area contributed by atoms with E-state index < -0.39 is 12.1 Å². The zero-order valence-electron chi connectivity index (χ0n) is 14.2. The molecule has 1 amide bonds. The summed E-state index contributed by atoms with van der Waals surface area (Å²) in [6, 6.07) is 13.8. The summed E-state index contributed by atoms with van der Waals surface area (Å²) in [6.07, 6.45) is -0.145. The topological polar surface area (TPSA) is 68.3 Å². The van der Waals surface area contributed by atoms with Gasteiger partial charge in [0, 0.05) is 11.9 Å². The number of amides is 1. The Bertz CT molecular complexity index is 860. The second kappa shape index (κ2) is 8.73. The number of carbonyl (C=O) groups is 2. The molecule has 0 aliphatic rings. The van der Waals surface area contributed by atoms with Crippen LogP contribution in [-0.4, -0.2) is 29.5 Å². The molecule has 3 rings (SSSR count). The highest BCUT2D eigenvalue weighted by Gasteiger charge is 2.21. The molecule has 2 aromatic heterocycles. The van der Waals surface area contributed by atoms with Gasteiger partial charge in [0.1, 0.15) is 5.01 Å². The summed E-state index contributed by atoms with van der Waals surface area (Å²) in [5.41, 5.74) is 1.36. The molecule has 0 spiro atoms. The Balaban J connectivity index is 1.48. The van der Waals surface area contributed by atoms with Crippen LogP contribution in [0.1, 0.15) is 23.0 Å². The molecule has 5 nitrogen and oxygen atoms in total. The number of carbonyl (C=O) groups excluding carboxylic acids is 2. The van der Waals surface area contributed by atoms with E-state index in [1.807, 2.05) is 47.8 Å². The number of thiazole rings is 1. The predicted octanol–water partition coefficient (Wildman–Crippen LogP) is 3.78. The van der Waals surface area contributed by atoms with Crippen LogP contribution in [-0.2, 0) is 16.0 Å². The van der Waals surface area contributed by atoms with Crippen molar-refractivity contribution in [2.45, 2.75) is 19.4 Å². The maximum atomic E-state index is 12.2. The molecule has 2 heterocycles. The van der Waals surface area contributed by atoms with E-state index in [-0.39, 0.29) is 11.6 Å². The summed E-state index contributed by atoms with van der Waals surface area (Å²) in [7, 11) is 0. The van der Waals surface area contributed by atoms with Crippen LogP contribution in [0.15, 0.2) is 53.2 Å². The normalized spacial score (nSPS) is 11.7. The third-order valence-electron chi connectivity index (χ3n) is 3.65. The first kappa shape index (κ1) is 18.3. The van der Waals surface area contributed by atoms with E-state index >= 15 is 0 Å². The lowest BCUT2D eigenvalue weighted by Gasteiger charge is -2.12. The van der Waals surface area contributed by atoms with Gasteiger partial charge in [-0.25, -0.2) is 9.78 Å². The Labute approximate surface area is 159 Å². The van der Waals surface area contributed by atoms with Crippen molar-refractivity contribution in [2.75, 3.05) is 6.54 Å². The molecule has 134 valence electrons. The van der Waals surface area contributed by atoms with Gasteiger partial charge in [-0.15, -0.1) is 22.7 Å². The van der Waals surface area contributed by atoms with E-state index in [2.05, 4.69) is 10.3 Å². The number of nitrogens with zero attached hydrogens (tertiary/aromatic N) is 1. The van der Waals surface area contributed by atoms with Crippen molar-refractivity contribution in [3.8, 4) is 9.88 Å². The van der Waals surface area contributed by atoms with Crippen LogP contribution in [0.2, 0.25) is 0 Å². The van der Waals surface area contributed by atoms with Gasteiger partial charge in [0.25, 0.3) is 5.91 Å². The molecule has 0 aliphatic heterocycles. The molecule has 0 fully saturated rings. The number of benzene rings is 1. The number of esters is 1. The fraction of sp³-hybridized carbons (Fsp3) is 0.211. The number of ether oxygens (including phenoxy) is 1. The lowest BCUT2D eigenvalue weighted by molar-refractivity contribution is -0.129. The van der Waals surface area contributed by atoms with Crippen LogP contribution in [0.5, 0.6) is 0 Å². The highest BCUT2D eigenvalue weighted by atomic mass is 32.1. The number of aromatic nitrogens is 1. The number of hydrogen-bond acceptors (Lipinski definition) is 6. The van der Waals surface area contributed by atoms with Crippen LogP contribution < -0.4 is 5.32 Å². The average molecular weight is 386 g/mol. The summed E-state index contributed by atoms with van der Waals surface area (Å²) in [5, 5.41) is 7.16. The molecule has 0 bridgehead atoms. The van der Waals surface area contributed by atoms with E-state index in [0.717, 1.165) is 21.9 Å². The minimum atomic E-state index is -0.870. The first-order chi connectivity index (χ1) is 12.6.